The SMILES string of the molecule is CNC(C)c1nnc(-c2ccc(S(C)(=O)=O)cc2)s1. The summed E-state index contributed by atoms with van der Waals surface area (Å²) in [5.74, 6) is 0. The molecule has 1 aromatic heterocycles. The largest absolute Gasteiger partial charge is 0.311 e. The van der Waals surface area contributed by atoms with Crippen molar-refractivity contribution in [2.75, 3.05) is 13.3 Å². The quantitative estimate of drug-likeness (QED) is 0.933. The minimum absolute atomic E-state index is 0.154. The van der Waals surface area contributed by atoms with E-state index in [1.54, 1.807) is 24.3 Å². The van der Waals surface area contributed by atoms with Gasteiger partial charge in [0.25, 0.3) is 0 Å². The van der Waals surface area contributed by atoms with E-state index in [0.717, 1.165) is 15.6 Å². The third kappa shape index (κ3) is 3.17. The Morgan fingerprint density at radius 3 is 2.37 bits per heavy atom. The van der Waals surface area contributed by atoms with Crippen LogP contribution < -0.4 is 5.32 Å². The molecular formula is C12H15N3O2S2. The molecule has 0 radical (unpaired) electrons. The zero-order valence-corrected chi connectivity index (χ0v) is 12.5. The molecule has 1 heterocycles. The Kier molecular flexibility index (Phi) is 3.98. The summed E-state index contributed by atoms with van der Waals surface area (Å²) in [6, 6.07) is 6.84. The topological polar surface area (TPSA) is 72.0 Å². The number of hydrogen-bond acceptors (Lipinski definition) is 6. The van der Waals surface area contributed by atoms with E-state index in [1.807, 2.05) is 14.0 Å². The minimum atomic E-state index is -3.16. The van der Waals surface area contributed by atoms with Crippen LogP contribution in [0.1, 0.15) is 18.0 Å². The zero-order valence-electron chi connectivity index (χ0n) is 10.9. The van der Waals surface area contributed by atoms with Gasteiger partial charge in [0.2, 0.25) is 0 Å². The van der Waals surface area contributed by atoms with Crippen LogP contribution in [0.4, 0.5) is 0 Å². The van der Waals surface area contributed by atoms with Crippen molar-refractivity contribution < 1.29 is 8.42 Å². The first-order valence-corrected chi connectivity index (χ1v) is 8.44. The number of sulfone groups is 1. The molecule has 0 fully saturated rings. The molecule has 0 aliphatic heterocycles. The average molecular weight is 297 g/mol. The molecule has 2 aromatic rings. The van der Waals surface area contributed by atoms with Crippen LogP contribution >= 0.6 is 11.3 Å². The lowest BCUT2D eigenvalue weighted by atomic mass is 10.2. The van der Waals surface area contributed by atoms with E-state index in [1.165, 1.54) is 17.6 Å². The summed E-state index contributed by atoms with van der Waals surface area (Å²) in [6.45, 7) is 2.01. The highest BCUT2D eigenvalue weighted by atomic mass is 32.2. The summed E-state index contributed by atoms with van der Waals surface area (Å²) in [6.07, 6.45) is 1.19. The molecule has 19 heavy (non-hydrogen) atoms. The highest BCUT2D eigenvalue weighted by Gasteiger charge is 2.12. The van der Waals surface area contributed by atoms with Gasteiger partial charge in [-0.1, -0.05) is 23.5 Å². The molecule has 1 aromatic carbocycles. The molecule has 0 aliphatic carbocycles. The van der Waals surface area contributed by atoms with Gasteiger partial charge < -0.3 is 5.32 Å². The van der Waals surface area contributed by atoms with E-state index in [2.05, 4.69) is 15.5 Å². The van der Waals surface area contributed by atoms with Crippen molar-refractivity contribution in [1.29, 1.82) is 0 Å². The molecular weight excluding hydrogens is 282 g/mol. The number of nitrogens with one attached hydrogen (secondary N) is 1. The van der Waals surface area contributed by atoms with Crippen LogP contribution in [0.15, 0.2) is 29.2 Å². The standard InChI is InChI=1S/C12H15N3O2S2/c1-8(13-2)11-14-15-12(18-11)9-4-6-10(7-5-9)19(3,16)17/h4-8,13H,1-3H3. The smallest absolute Gasteiger partial charge is 0.175 e. The van der Waals surface area contributed by atoms with Crippen LogP contribution in [0, 0.1) is 0 Å². The van der Waals surface area contributed by atoms with Gasteiger partial charge >= 0.3 is 0 Å². The van der Waals surface area contributed by atoms with Gasteiger partial charge in [-0.05, 0) is 26.1 Å². The van der Waals surface area contributed by atoms with Crippen LogP contribution in [-0.2, 0) is 9.84 Å². The summed E-state index contributed by atoms with van der Waals surface area (Å²) >= 11 is 1.50. The Bertz CT molecular complexity index is 663. The highest BCUT2D eigenvalue weighted by molar-refractivity contribution is 7.90. The van der Waals surface area contributed by atoms with E-state index in [9.17, 15) is 8.42 Å². The van der Waals surface area contributed by atoms with Crippen molar-refractivity contribution in [1.82, 2.24) is 15.5 Å². The summed E-state index contributed by atoms with van der Waals surface area (Å²) in [5.41, 5.74) is 0.874. The fraction of sp³-hybridized carbons (Fsp3) is 0.333. The maximum Gasteiger partial charge on any atom is 0.175 e. The second-order valence-corrected chi connectivity index (χ2v) is 7.28. The fourth-order valence-electron chi connectivity index (χ4n) is 1.49. The second kappa shape index (κ2) is 5.36. The molecule has 0 saturated heterocycles. The first-order valence-electron chi connectivity index (χ1n) is 5.73. The van der Waals surface area contributed by atoms with Crippen LogP contribution in [0.5, 0.6) is 0 Å². The van der Waals surface area contributed by atoms with E-state index in [4.69, 9.17) is 0 Å². The van der Waals surface area contributed by atoms with Crippen LogP contribution in [-0.4, -0.2) is 31.9 Å². The van der Waals surface area contributed by atoms with Gasteiger partial charge in [0.1, 0.15) is 10.0 Å². The van der Waals surface area contributed by atoms with Gasteiger partial charge in [0.15, 0.2) is 9.84 Å². The van der Waals surface area contributed by atoms with E-state index >= 15 is 0 Å². The van der Waals surface area contributed by atoms with Gasteiger partial charge in [0.05, 0.1) is 10.9 Å². The molecule has 0 aliphatic rings. The van der Waals surface area contributed by atoms with Crippen molar-refractivity contribution in [3.63, 3.8) is 0 Å². The first kappa shape index (κ1) is 14.1. The maximum atomic E-state index is 11.4. The monoisotopic (exact) mass is 297 g/mol. The first-order chi connectivity index (χ1) is 8.91. The molecule has 1 atom stereocenters. The van der Waals surface area contributed by atoms with Crippen LogP contribution in [0.2, 0.25) is 0 Å². The Morgan fingerprint density at radius 1 is 1.21 bits per heavy atom. The van der Waals surface area contributed by atoms with E-state index in [0.29, 0.717) is 4.90 Å². The van der Waals surface area contributed by atoms with Crippen LogP contribution in [0.25, 0.3) is 10.6 Å². The summed E-state index contributed by atoms with van der Waals surface area (Å²) < 4.78 is 22.8. The molecule has 7 heteroatoms. The Labute approximate surface area is 116 Å². The fourth-order valence-corrected chi connectivity index (χ4v) is 3.03. The predicted molar refractivity (Wildman–Crippen MR) is 75.9 cm³/mol. The number of rotatable bonds is 4. The molecule has 102 valence electrons. The van der Waals surface area contributed by atoms with Gasteiger partial charge in [-0.15, -0.1) is 10.2 Å². The molecule has 1 unspecified atom stereocenters. The Balaban J connectivity index is 2.30. The predicted octanol–water partition coefficient (Wildman–Crippen LogP) is 1.89. The summed E-state index contributed by atoms with van der Waals surface area (Å²) in [7, 11) is -1.29. The lowest BCUT2D eigenvalue weighted by Gasteiger charge is -2.03. The lowest BCUT2D eigenvalue weighted by molar-refractivity contribution is 0.602. The number of aromatic nitrogens is 2. The summed E-state index contributed by atoms with van der Waals surface area (Å²) in [5, 5.41) is 13.0. The molecule has 2 rings (SSSR count). The minimum Gasteiger partial charge on any atom is -0.311 e. The number of hydrogen-bond donors (Lipinski definition) is 1. The van der Waals surface area contributed by atoms with Crippen molar-refractivity contribution >= 4 is 21.2 Å². The normalized spacial score (nSPS) is 13.4. The average Bonchev–Trinajstić information content (AvgIpc) is 2.86. The Hall–Kier alpha value is -1.31. The van der Waals surface area contributed by atoms with Gasteiger partial charge in [0, 0.05) is 11.8 Å². The third-order valence-electron chi connectivity index (χ3n) is 2.77. The molecule has 0 spiro atoms. The van der Waals surface area contributed by atoms with E-state index in [-0.39, 0.29) is 6.04 Å². The zero-order chi connectivity index (χ0) is 14.0. The number of nitrogens with zero attached hydrogens (tertiary/aromatic N) is 2. The van der Waals surface area contributed by atoms with E-state index < -0.39 is 9.84 Å². The maximum absolute atomic E-state index is 11.4. The summed E-state index contributed by atoms with van der Waals surface area (Å²) in [4.78, 5) is 0.310. The lowest BCUT2D eigenvalue weighted by Crippen LogP contribution is -2.11. The highest BCUT2D eigenvalue weighted by Crippen LogP contribution is 2.27. The molecule has 5 nitrogen and oxygen atoms in total. The van der Waals surface area contributed by atoms with Gasteiger partial charge in [-0.3, -0.25) is 0 Å². The van der Waals surface area contributed by atoms with Gasteiger partial charge in [-0.2, -0.15) is 0 Å². The molecule has 0 bridgehead atoms. The van der Waals surface area contributed by atoms with Crippen molar-refractivity contribution in [3.8, 4) is 10.6 Å². The molecule has 0 amide bonds. The Morgan fingerprint density at radius 2 is 1.84 bits per heavy atom. The van der Waals surface area contributed by atoms with Gasteiger partial charge in [-0.25, -0.2) is 8.42 Å². The molecule has 0 saturated carbocycles. The third-order valence-corrected chi connectivity index (χ3v) is 5.06. The van der Waals surface area contributed by atoms with Crippen molar-refractivity contribution in [3.05, 3.63) is 29.3 Å². The van der Waals surface area contributed by atoms with Crippen molar-refractivity contribution in [2.45, 2.75) is 17.9 Å². The second-order valence-electron chi connectivity index (χ2n) is 4.25. The molecule has 1 N–H and O–H groups in total. The van der Waals surface area contributed by atoms with Crippen molar-refractivity contribution in [2.24, 2.45) is 0 Å². The van der Waals surface area contributed by atoms with Crippen LogP contribution in [0.3, 0.4) is 0 Å². The number of benzene rings is 1.